The number of rotatable bonds is 18. The molecule has 5 aliphatic rings. The molecule has 0 radical (unpaired) electrons. The fourth-order valence-corrected chi connectivity index (χ4v) is 4.55. The van der Waals surface area contributed by atoms with Crippen LogP contribution in [0.15, 0.2) is 61.7 Å². The lowest BCUT2D eigenvalue weighted by atomic mass is 9.74. The van der Waals surface area contributed by atoms with Crippen LogP contribution in [0.5, 0.6) is 0 Å². The summed E-state index contributed by atoms with van der Waals surface area (Å²) in [5.41, 5.74) is 3.24. The Morgan fingerprint density at radius 1 is 0.750 bits per heavy atom. The normalized spacial score (nSPS) is 30.8. The van der Waals surface area contributed by atoms with Crippen LogP contribution in [0, 0.1) is 11.3 Å². The van der Waals surface area contributed by atoms with Gasteiger partial charge in [0.1, 0.15) is 24.4 Å². The molecule has 4 aliphatic heterocycles. The molecule has 1 aromatic carbocycles. The van der Waals surface area contributed by atoms with Gasteiger partial charge in [0.2, 0.25) is 0 Å². The van der Waals surface area contributed by atoms with E-state index < -0.39 is 0 Å². The van der Waals surface area contributed by atoms with E-state index >= 15 is 0 Å². The fraction of sp³-hybridized carbons (Fsp3) is 0.562. The maximum atomic E-state index is 5.84. The third-order valence-corrected chi connectivity index (χ3v) is 7.37. The summed E-state index contributed by atoms with van der Waals surface area (Å²) in [6, 6.07) is 6.15. The molecule has 0 amide bonds. The third kappa shape index (κ3) is 9.46. The maximum Gasteiger partial charge on any atom is 0.104 e. The van der Waals surface area contributed by atoms with Crippen LogP contribution in [0.1, 0.15) is 16.7 Å². The number of hydrogen-bond donors (Lipinski definition) is 0. The quantitative estimate of drug-likeness (QED) is 0.200. The summed E-state index contributed by atoms with van der Waals surface area (Å²) >= 11 is 0. The SMILES string of the molecule is C=CC1C=CC=CC1(COCC1CO1)COCC1CO1.C=Cc1cccc(COCC2CO2)c1COCC1CO1. The summed E-state index contributed by atoms with van der Waals surface area (Å²) in [7, 11) is 0. The molecule has 5 unspecified atom stereocenters. The van der Waals surface area contributed by atoms with E-state index in [-0.39, 0.29) is 29.6 Å². The highest BCUT2D eigenvalue weighted by atomic mass is 16.6. The zero-order chi connectivity index (χ0) is 27.6. The van der Waals surface area contributed by atoms with E-state index in [0.29, 0.717) is 59.0 Å². The Balaban J connectivity index is 0.000000161. The Morgan fingerprint density at radius 2 is 1.30 bits per heavy atom. The Kier molecular flexibility index (Phi) is 10.8. The van der Waals surface area contributed by atoms with Gasteiger partial charge in [-0.15, -0.1) is 6.58 Å². The van der Waals surface area contributed by atoms with Gasteiger partial charge >= 0.3 is 0 Å². The van der Waals surface area contributed by atoms with E-state index in [1.165, 1.54) is 0 Å². The van der Waals surface area contributed by atoms with Crippen LogP contribution < -0.4 is 0 Å². The van der Waals surface area contributed by atoms with Crippen LogP contribution in [-0.4, -0.2) is 90.5 Å². The summed E-state index contributed by atoms with van der Waals surface area (Å²) in [4.78, 5) is 0. The van der Waals surface area contributed by atoms with Crippen molar-refractivity contribution in [1.29, 1.82) is 0 Å². The second-order valence-electron chi connectivity index (χ2n) is 10.8. The van der Waals surface area contributed by atoms with Crippen LogP contribution in [-0.2, 0) is 51.1 Å². The smallest absolute Gasteiger partial charge is 0.104 e. The van der Waals surface area contributed by atoms with E-state index in [2.05, 4.69) is 43.5 Å². The van der Waals surface area contributed by atoms with E-state index in [1.54, 1.807) is 0 Å². The van der Waals surface area contributed by atoms with Gasteiger partial charge in [-0.2, -0.15) is 0 Å². The molecule has 0 N–H and O–H groups in total. The van der Waals surface area contributed by atoms with Crippen LogP contribution in [0.3, 0.4) is 0 Å². The molecule has 0 saturated carbocycles. The van der Waals surface area contributed by atoms with E-state index in [1.807, 2.05) is 24.3 Å². The van der Waals surface area contributed by atoms with Crippen molar-refractivity contribution in [3.63, 3.8) is 0 Å². The predicted molar refractivity (Wildman–Crippen MR) is 151 cm³/mol. The Morgan fingerprint density at radius 3 is 1.82 bits per heavy atom. The molecule has 8 heteroatoms. The second-order valence-corrected chi connectivity index (χ2v) is 10.8. The molecule has 4 saturated heterocycles. The molecular formula is C32H42O8. The van der Waals surface area contributed by atoms with Gasteiger partial charge < -0.3 is 37.9 Å². The predicted octanol–water partition coefficient (Wildman–Crippen LogP) is 3.89. The highest BCUT2D eigenvalue weighted by Crippen LogP contribution is 2.36. The molecule has 40 heavy (non-hydrogen) atoms. The highest BCUT2D eigenvalue weighted by molar-refractivity contribution is 5.54. The molecule has 0 aromatic heterocycles. The average molecular weight is 555 g/mol. The monoisotopic (exact) mass is 554 g/mol. The summed E-state index contributed by atoms with van der Waals surface area (Å²) in [6.07, 6.45) is 13.4. The number of hydrogen-bond acceptors (Lipinski definition) is 8. The van der Waals surface area contributed by atoms with Crippen molar-refractivity contribution >= 4 is 6.08 Å². The first-order valence-electron chi connectivity index (χ1n) is 14.2. The molecule has 4 heterocycles. The largest absolute Gasteiger partial charge is 0.378 e. The molecule has 0 bridgehead atoms. The van der Waals surface area contributed by atoms with Crippen molar-refractivity contribution in [3.05, 3.63) is 78.4 Å². The van der Waals surface area contributed by atoms with Gasteiger partial charge in [-0.3, -0.25) is 0 Å². The van der Waals surface area contributed by atoms with Crippen molar-refractivity contribution in [3.8, 4) is 0 Å². The third-order valence-electron chi connectivity index (χ3n) is 7.37. The Bertz CT molecular complexity index is 1000. The van der Waals surface area contributed by atoms with Gasteiger partial charge in [0.15, 0.2) is 0 Å². The topological polar surface area (TPSA) is 87.0 Å². The molecule has 0 spiro atoms. The van der Waals surface area contributed by atoms with E-state index in [9.17, 15) is 0 Å². The van der Waals surface area contributed by atoms with Crippen molar-refractivity contribution in [1.82, 2.24) is 0 Å². The first-order chi connectivity index (χ1) is 19.7. The van der Waals surface area contributed by atoms with Crippen molar-refractivity contribution in [2.45, 2.75) is 37.6 Å². The van der Waals surface area contributed by atoms with Gasteiger partial charge in [-0.05, 0) is 16.7 Å². The summed E-state index contributed by atoms with van der Waals surface area (Å²) in [6.45, 7) is 16.1. The summed E-state index contributed by atoms with van der Waals surface area (Å²) < 4.78 is 43.7. The number of allylic oxidation sites excluding steroid dienone is 4. The van der Waals surface area contributed by atoms with E-state index in [0.717, 1.165) is 43.1 Å². The van der Waals surface area contributed by atoms with Crippen molar-refractivity contribution in [2.75, 3.05) is 66.1 Å². The van der Waals surface area contributed by atoms with Gasteiger partial charge in [-0.25, -0.2) is 0 Å². The maximum absolute atomic E-state index is 5.84. The minimum absolute atomic E-state index is 0.166. The molecule has 4 fully saturated rings. The molecule has 8 nitrogen and oxygen atoms in total. The standard InChI is InChI=1S/C16H20O4.C16H22O4/c1-2-12-4-3-5-13(6-17-7-14-9-19-14)16(12)11-18-8-15-10-20-15;1-2-13-5-3-4-6-16(13,11-17-7-14-9-19-14)12-18-8-15-10-20-15/h2-5,14-15H,1,6-11H2;2-6,13-15H,1,7-12H2. The average Bonchev–Trinajstić information content (AvgIpc) is 3.76. The lowest BCUT2D eigenvalue weighted by Gasteiger charge is -2.36. The summed E-state index contributed by atoms with van der Waals surface area (Å²) in [5, 5.41) is 0. The highest BCUT2D eigenvalue weighted by Gasteiger charge is 2.37. The summed E-state index contributed by atoms with van der Waals surface area (Å²) in [5.74, 6) is 0.229. The van der Waals surface area contributed by atoms with Gasteiger partial charge in [0.25, 0.3) is 0 Å². The van der Waals surface area contributed by atoms with Crippen LogP contribution >= 0.6 is 0 Å². The fourth-order valence-electron chi connectivity index (χ4n) is 4.55. The molecule has 6 rings (SSSR count). The van der Waals surface area contributed by atoms with E-state index in [4.69, 9.17) is 37.9 Å². The minimum atomic E-state index is -0.166. The van der Waals surface area contributed by atoms with Crippen molar-refractivity contribution in [2.24, 2.45) is 11.3 Å². The van der Waals surface area contributed by atoms with Crippen LogP contribution in [0.2, 0.25) is 0 Å². The molecule has 1 aliphatic carbocycles. The Labute approximate surface area is 237 Å². The van der Waals surface area contributed by atoms with Crippen LogP contribution in [0.4, 0.5) is 0 Å². The lowest BCUT2D eigenvalue weighted by molar-refractivity contribution is -0.0167. The first-order valence-corrected chi connectivity index (χ1v) is 14.2. The second kappa shape index (κ2) is 14.7. The Hall–Kier alpha value is -2.14. The number of epoxide rings is 4. The van der Waals surface area contributed by atoms with Gasteiger partial charge in [0.05, 0.1) is 79.3 Å². The lowest BCUT2D eigenvalue weighted by Crippen LogP contribution is -2.38. The minimum Gasteiger partial charge on any atom is -0.378 e. The van der Waals surface area contributed by atoms with Crippen molar-refractivity contribution < 1.29 is 37.9 Å². The van der Waals surface area contributed by atoms with Crippen LogP contribution in [0.25, 0.3) is 6.08 Å². The first kappa shape index (κ1) is 29.4. The zero-order valence-electron chi connectivity index (χ0n) is 23.2. The van der Waals surface area contributed by atoms with Gasteiger partial charge in [-0.1, -0.05) is 61.2 Å². The van der Waals surface area contributed by atoms with Gasteiger partial charge in [0, 0.05) is 11.3 Å². The molecule has 1 aromatic rings. The number of benzene rings is 1. The number of ether oxygens (including phenoxy) is 8. The molecule has 5 atom stereocenters. The zero-order valence-corrected chi connectivity index (χ0v) is 23.2. The molecular weight excluding hydrogens is 512 g/mol. The molecule has 218 valence electrons.